The van der Waals surface area contributed by atoms with Gasteiger partial charge in [0.05, 0.1) is 0 Å². The van der Waals surface area contributed by atoms with Gasteiger partial charge in [-0.3, -0.25) is 0 Å². The van der Waals surface area contributed by atoms with Gasteiger partial charge < -0.3 is 11.1 Å². The van der Waals surface area contributed by atoms with Gasteiger partial charge in [0, 0.05) is 23.3 Å². The van der Waals surface area contributed by atoms with Gasteiger partial charge in [-0.05, 0) is 42.7 Å². The van der Waals surface area contributed by atoms with Crippen LogP contribution in [0.25, 0.3) is 0 Å². The molecule has 1 unspecified atom stereocenters. The van der Waals surface area contributed by atoms with E-state index in [1.54, 1.807) is 0 Å². The minimum atomic E-state index is 0.346. The van der Waals surface area contributed by atoms with Gasteiger partial charge in [-0.1, -0.05) is 11.6 Å². The first-order valence-corrected chi connectivity index (χ1v) is 6.74. The Morgan fingerprint density at radius 1 is 1.40 bits per heavy atom. The Morgan fingerprint density at radius 3 is 2.60 bits per heavy atom. The van der Waals surface area contributed by atoms with Gasteiger partial charge in [0.25, 0.3) is 0 Å². The van der Waals surface area contributed by atoms with Crippen LogP contribution in [0.15, 0.2) is 24.3 Å². The number of hydrogen-bond acceptors (Lipinski definition) is 3. The lowest BCUT2D eigenvalue weighted by Crippen LogP contribution is -2.29. The molecule has 3 N–H and O–H groups in total. The van der Waals surface area contributed by atoms with Crippen molar-refractivity contribution in [2.45, 2.75) is 12.5 Å². The van der Waals surface area contributed by atoms with Crippen LogP contribution in [-0.2, 0) is 0 Å². The molecule has 1 aromatic carbocycles. The van der Waals surface area contributed by atoms with Crippen molar-refractivity contribution in [1.82, 2.24) is 0 Å². The van der Waals surface area contributed by atoms with Crippen molar-refractivity contribution in [3.05, 3.63) is 29.3 Å². The van der Waals surface area contributed by atoms with E-state index in [2.05, 4.69) is 11.6 Å². The molecule has 0 saturated carbocycles. The van der Waals surface area contributed by atoms with E-state index in [1.165, 1.54) is 0 Å². The Bertz CT molecular complexity index is 276. The van der Waals surface area contributed by atoms with Crippen LogP contribution >= 0.6 is 23.4 Å². The Labute approximate surface area is 101 Å². The van der Waals surface area contributed by atoms with E-state index in [4.69, 9.17) is 17.3 Å². The fourth-order valence-electron chi connectivity index (χ4n) is 1.29. The molecule has 84 valence electrons. The number of thioether (sulfide) groups is 1. The molecule has 0 heterocycles. The van der Waals surface area contributed by atoms with Gasteiger partial charge >= 0.3 is 0 Å². The zero-order valence-corrected chi connectivity index (χ0v) is 10.4. The van der Waals surface area contributed by atoms with Crippen LogP contribution in [0, 0.1) is 0 Å². The fourth-order valence-corrected chi connectivity index (χ4v) is 1.94. The highest BCUT2D eigenvalue weighted by Gasteiger charge is 2.05. The molecule has 1 rings (SSSR count). The summed E-state index contributed by atoms with van der Waals surface area (Å²) in [6.07, 6.45) is 3.19. The van der Waals surface area contributed by atoms with Crippen LogP contribution in [0.1, 0.15) is 6.42 Å². The molecular weight excluding hydrogens is 228 g/mol. The van der Waals surface area contributed by atoms with Gasteiger partial charge in [0.1, 0.15) is 0 Å². The largest absolute Gasteiger partial charge is 0.381 e. The van der Waals surface area contributed by atoms with Crippen molar-refractivity contribution >= 4 is 29.1 Å². The maximum Gasteiger partial charge on any atom is 0.0407 e. The maximum atomic E-state index is 5.81. The van der Waals surface area contributed by atoms with Crippen LogP contribution < -0.4 is 11.1 Å². The molecule has 0 radical (unpaired) electrons. The van der Waals surface area contributed by atoms with Crippen molar-refractivity contribution < 1.29 is 0 Å². The highest BCUT2D eigenvalue weighted by Crippen LogP contribution is 2.15. The first-order chi connectivity index (χ1) is 7.26. The third-order valence-corrected chi connectivity index (χ3v) is 3.07. The summed E-state index contributed by atoms with van der Waals surface area (Å²) < 4.78 is 0. The van der Waals surface area contributed by atoms with Gasteiger partial charge in [0.2, 0.25) is 0 Å². The summed E-state index contributed by atoms with van der Waals surface area (Å²) in [5.74, 6) is 1.13. The summed E-state index contributed by atoms with van der Waals surface area (Å²) in [6, 6.07) is 8.06. The van der Waals surface area contributed by atoms with Gasteiger partial charge in [-0.25, -0.2) is 0 Å². The van der Waals surface area contributed by atoms with E-state index in [9.17, 15) is 0 Å². The van der Waals surface area contributed by atoms with Crippen LogP contribution in [0.3, 0.4) is 0 Å². The second-order valence-corrected chi connectivity index (χ2v) is 4.79. The van der Waals surface area contributed by atoms with Crippen molar-refractivity contribution in [2.24, 2.45) is 5.73 Å². The van der Waals surface area contributed by atoms with Crippen molar-refractivity contribution in [3.63, 3.8) is 0 Å². The monoisotopic (exact) mass is 244 g/mol. The highest BCUT2D eigenvalue weighted by molar-refractivity contribution is 7.98. The Morgan fingerprint density at radius 2 is 2.07 bits per heavy atom. The topological polar surface area (TPSA) is 38.0 Å². The Balaban J connectivity index is 2.47. The van der Waals surface area contributed by atoms with E-state index in [-0.39, 0.29) is 0 Å². The molecule has 4 heteroatoms. The molecule has 0 aliphatic rings. The number of anilines is 1. The summed E-state index contributed by atoms with van der Waals surface area (Å²) in [5, 5.41) is 4.15. The zero-order valence-electron chi connectivity index (χ0n) is 8.87. The second kappa shape index (κ2) is 6.99. The lowest BCUT2D eigenvalue weighted by atomic mass is 10.2. The lowest BCUT2D eigenvalue weighted by Gasteiger charge is -2.17. The van der Waals surface area contributed by atoms with Gasteiger partial charge in [-0.2, -0.15) is 11.8 Å². The quantitative estimate of drug-likeness (QED) is 0.808. The fraction of sp³-hybridized carbons (Fsp3) is 0.455. The molecule has 0 spiro atoms. The predicted molar refractivity (Wildman–Crippen MR) is 70.9 cm³/mol. The molecule has 1 aromatic rings. The minimum absolute atomic E-state index is 0.346. The molecule has 0 saturated heterocycles. The highest BCUT2D eigenvalue weighted by atomic mass is 35.5. The molecule has 0 amide bonds. The summed E-state index contributed by atoms with van der Waals surface area (Å²) in [7, 11) is 0. The van der Waals surface area contributed by atoms with Crippen molar-refractivity contribution in [2.75, 3.05) is 23.9 Å². The summed E-state index contributed by atoms with van der Waals surface area (Å²) >= 11 is 7.65. The van der Waals surface area contributed by atoms with E-state index in [0.29, 0.717) is 12.6 Å². The van der Waals surface area contributed by atoms with Gasteiger partial charge in [0.15, 0.2) is 0 Å². The SMILES string of the molecule is CSCCC(CN)Nc1ccc(Cl)cc1. The molecule has 0 aliphatic heterocycles. The first kappa shape index (κ1) is 12.7. The number of hydrogen-bond donors (Lipinski definition) is 2. The van der Waals surface area contributed by atoms with Crippen LogP contribution in [0.5, 0.6) is 0 Å². The van der Waals surface area contributed by atoms with Crippen molar-refractivity contribution in [3.8, 4) is 0 Å². The standard InChI is InChI=1S/C11H17ClN2S/c1-15-7-6-11(8-13)14-10-4-2-9(12)3-5-10/h2-5,11,14H,6-8,13H2,1H3. The van der Waals surface area contributed by atoms with E-state index < -0.39 is 0 Å². The maximum absolute atomic E-state index is 5.81. The zero-order chi connectivity index (χ0) is 11.1. The Kier molecular flexibility index (Phi) is 5.91. The van der Waals surface area contributed by atoms with Crippen LogP contribution in [0.2, 0.25) is 5.02 Å². The van der Waals surface area contributed by atoms with E-state index >= 15 is 0 Å². The number of rotatable bonds is 6. The van der Waals surface area contributed by atoms with Crippen LogP contribution in [-0.4, -0.2) is 24.6 Å². The van der Waals surface area contributed by atoms with E-state index in [1.807, 2.05) is 36.0 Å². The first-order valence-electron chi connectivity index (χ1n) is 4.97. The number of nitrogens with one attached hydrogen (secondary N) is 1. The third-order valence-electron chi connectivity index (χ3n) is 2.17. The average molecular weight is 245 g/mol. The average Bonchev–Trinajstić information content (AvgIpc) is 2.27. The van der Waals surface area contributed by atoms with Gasteiger partial charge in [-0.15, -0.1) is 0 Å². The minimum Gasteiger partial charge on any atom is -0.381 e. The van der Waals surface area contributed by atoms with Crippen molar-refractivity contribution in [1.29, 1.82) is 0 Å². The lowest BCUT2D eigenvalue weighted by molar-refractivity contribution is 0.710. The number of halogens is 1. The predicted octanol–water partition coefficient (Wildman–Crippen LogP) is 2.83. The number of nitrogens with two attached hydrogens (primary N) is 1. The van der Waals surface area contributed by atoms with Crippen LogP contribution in [0.4, 0.5) is 5.69 Å². The molecule has 1 atom stereocenters. The summed E-state index contributed by atoms with van der Waals surface area (Å²) in [4.78, 5) is 0. The summed E-state index contributed by atoms with van der Waals surface area (Å²) in [5.41, 5.74) is 6.77. The molecule has 0 aliphatic carbocycles. The molecule has 0 bridgehead atoms. The second-order valence-electron chi connectivity index (χ2n) is 3.37. The smallest absolute Gasteiger partial charge is 0.0407 e. The molecule has 15 heavy (non-hydrogen) atoms. The summed E-state index contributed by atoms with van der Waals surface area (Å²) in [6.45, 7) is 0.656. The number of benzene rings is 1. The van der Waals surface area contributed by atoms with E-state index in [0.717, 1.165) is 22.9 Å². The normalized spacial score (nSPS) is 12.5. The molecule has 2 nitrogen and oxygen atoms in total. The Hall–Kier alpha value is -0.380. The third kappa shape index (κ3) is 4.78. The molecular formula is C11H17ClN2S. The molecule has 0 fully saturated rings. The molecule has 0 aromatic heterocycles.